The molecule has 5 nitrogen and oxygen atoms in total. The second-order valence-corrected chi connectivity index (χ2v) is 20.4. The van der Waals surface area contributed by atoms with Crippen molar-refractivity contribution in [3.05, 3.63) is 287 Å². The Morgan fingerprint density at radius 1 is 0.560 bits per heavy atom. The lowest BCUT2D eigenvalue weighted by Crippen LogP contribution is -2.34. The van der Waals surface area contributed by atoms with Crippen LogP contribution in [0.25, 0.3) is 33.4 Å². The minimum atomic E-state index is -0.211. The molecular formula is C70H49N3O2. The van der Waals surface area contributed by atoms with Gasteiger partial charge in [0.25, 0.3) is 0 Å². The Morgan fingerprint density at radius 2 is 1.19 bits per heavy atom. The normalized spacial score (nSPS) is 21.2. The summed E-state index contributed by atoms with van der Waals surface area (Å²) in [5, 5.41) is 0. The van der Waals surface area contributed by atoms with E-state index in [0.29, 0.717) is 12.0 Å². The van der Waals surface area contributed by atoms with Crippen LogP contribution in [-0.2, 0) is 6.42 Å². The number of hydrogen-bond donors (Lipinski definition) is 0. The standard InChI is InChI=1S/C70H49N3O2/c1-2-3-4-5-6-20-37-71-60-28-18-16-26-55(60)66-54-34-31-45(38-51(54)43-63(66)71)48-39-49(46-32-35-57-62(42-46)73(53-23-12-8-13-24-53)70-68(57)58-27-17-19-30-64(58)74-70)41-50(40-48)47-33-36-59-65(44-47)75-69-67(59)56-25-14-9-15-29-61(56)72(69)52-21-10-7-11-22-52/h1,3-5,7-13,15-36,38-42,44,63,66-70H,37,43H2/b4-3-. The van der Waals surface area contributed by atoms with Crippen LogP contribution in [0.4, 0.5) is 22.7 Å². The van der Waals surface area contributed by atoms with Gasteiger partial charge in [-0.05, 0) is 177 Å². The zero-order chi connectivity index (χ0) is 49.6. The number of benzene rings is 8. The predicted molar refractivity (Wildman–Crippen MR) is 303 cm³/mol. The van der Waals surface area contributed by atoms with E-state index in [4.69, 9.17) is 15.9 Å². The lowest BCUT2D eigenvalue weighted by Gasteiger charge is -2.28. The highest BCUT2D eigenvalue weighted by molar-refractivity contribution is 5.86. The number of anilines is 4. The molecule has 0 spiro atoms. The first-order valence-electron chi connectivity index (χ1n) is 26.1. The highest BCUT2D eigenvalue weighted by Crippen LogP contribution is 2.57. The van der Waals surface area contributed by atoms with E-state index in [1.807, 2.05) is 18.2 Å². The van der Waals surface area contributed by atoms with Gasteiger partial charge < -0.3 is 24.2 Å². The topological polar surface area (TPSA) is 28.2 Å². The Bertz CT molecular complexity index is 3950. The Hall–Kier alpha value is -9.42. The molecule has 0 fully saturated rings. The van der Waals surface area contributed by atoms with Crippen LogP contribution in [0.1, 0.15) is 51.1 Å². The molecule has 8 aromatic carbocycles. The van der Waals surface area contributed by atoms with Crippen LogP contribution in [-0.4, -0.2) is 25.0 Å². The molecular weight excluding hydrogens is 915 g/mol. The van der Waals surface area contributed by atoms with Crippen molar-refractivity contribution in [1.82, 2.24) is 0 Å². The third-order valence-electron chi connectivity index (χ3n) is 16.4. The monoisotopic (exact) mass is 963 g/mol. The van der Waals surface area contributed by atoms with Crippen molar-refractivity contribution >= 4 is 22.7 Å². The first kappa shape index (κ1) is 43.2. The molecule has 75 heavy (non-hydrogen) atoms. The predicted octanol–water partition coefficient (Wildman–Crippen LogP) is 15.3. The fourth-order valence-electron chi connectivity index (χ4n) is 13.3. The molecule has 0 N–H and O–H groups in total. The fourth-order valence-corrected chi connectivity index (χ4v) is 13.3. The van der Waals surface area contributed by atoms with Crippen molar-refractivity contribution in [3.63, 3.8) is 0 Å². The van der Waals surface area contributed by atoms with Crippen LogP contribution < -0.4 is 24.2 Å². The third kappa shape index (κ3) is 6.89. The number of nitrogens with zero attached hydrogens (tertiary/aromatic N) is 3. The van der Waals surface area contributed by atoms with Crippen LogP contribution in [0.5, 0.6) is 11.5 Å². The van der Waals surface area contributed by atoms with Gasteiger partial charge in [-0.1, -0.05) is 127 Å². The summed E-state index contributed by atoms with van der Waals surface area (Å²) in [5.41, 5.74) is 28.7. The van der Waals surface area contributed by atoms with E-state index in [1.165, 1.54) is 61.5 Å². The van der Waals surface area contributed by atoms with Gasteiger partial charge in [0.2, 0.25) is 0 Å². The summed E-state index contributed by atoms with van der Waals surface area (Å²) in [5.74, 6) is 4.87. The van der Waals surface area contributed by atoms with E-state index in [2.05, 4.69) is 238 Å². The molecule has 356 valence electrons. The van der Waals surface area contributed by atoms with Crippen LogP contribution in [0.3, 0.4) is 0 Å². The highest BCUT2D eigenvalue weighted by Gasteiger charge is 2.49. The number of allylic oxidation sites excluding steroid dienone is 5. The molecule has 0 aromatic heterocycles. The van der Waals surface area contributed by atoms with Crippen molar-refractivity contribution in [2.45, 2.75) is 42.7 Å². The lowest BCUT2D eigenvalue weighted by atomic mass is 9.88. The van der Waals surface area contributed by atoms with Gasteiger partial charge in [-0.15, -0.1) is 17.9 Å². The van der Waals surface area contributed by atoms with Crippen LogP contribution in [0.15, 0.2) is 253 Å². The van der Waals surface area contributed by atoms with Crippen molar-refractivity contribution in [2.75, 3.05) is 21.2 Å². The number of fused-ring (bicyclic) bond motifs is 14. The van der Waals surface area contributed by atoms with E-state index < -0.39 is 0 Å². The first-order chi connectivity index (χ1) is 37.2. The summed E-state index contributed by atoms with van der Waals surface area (Å²) in [6.07, 6.45) is 21.9. The van der Waals surface area contributed by atoms with Crippen molar-refractivity contribution in [1.29, 1.82) is 0 Å². The number of para-hydroxylation sites is 4. The van der Waals surface area contributed by atoms with Gasteiger partial charge in [-0.2, -0.15) is 0 Å². The van der Waals surface area contributed by atoms with Crippen LogP contribution >= 0.6 is 0 Å². The summed E-state index contributed by atoms with van der Waals surface area (Å²) in [7, 11) is 0. The molecule has 6 atom stereocenters. The van der Waals surface area contributed by atoms with Gasteiger partial charge >= 0.3 is 0 Å². The molecule has 5 aliphatic heterocycles. The van der Waals surface area contributed by atoms with E-state index in [0.717, 1.165) is 63.8 Å². The van der Waals surface area contributed by atoms with Crippen molar-refractivity contribution < 1.29 is 9.47 Å². The second kappa shape index (κ2) is 17.4. The highest BCUT2D eigenvalue weighted by atomic mass is 16.5. The fraction of sp³-hybridized carbons (Fsp3) is 0.114. The van der Waals surface area contributed by atoms with Crippen LogP contribution in [0, 0.1) is 12.3 Å². The smallest absolute Gasteiger partial charge is 0.187 e. The van der Waals surface area contributed by atoms with Gasteiger partial charge in [0.1, 0.15) is 11.5 Å². The molecule has 5 heterocycles. The Kier molecular flexibility index (Phi) is 10.0. The molecule has 15 rings (SSSR count). The Labute approximate surface area is 437 Å². The lowest BCUT2D eigenvalue weighted by molar-refractivity contribution is 0.230. The minimum absolute atomic E-state index is 0.0431. The molecule has 8 aromatic rings. The van der Waals surface area contributed by atoms with E-state index >= 15 is 0 Å². The number of terminal acetylenes is 1. The summed E-state index contributed by atoms with van der Waals surface area (Å²) in [6, 6.07) is 67.4. The quantitative estimate of drug-likeness (QED) is 0.0860. The summed E-state index contributed by atoms with van der Waals surface area (Å²) < 4.78 is 13.9. The Morgan fingerprint density at radius 3 is 1.97 bits per heavy atom. The number of rotatable bonds is 8. The van der Waals surface area contributed by atoms with Crippen LogP contribution in [0.2, 0.25) is 0 Å². The summed E-state index contributed by atoms with van der Waals surface area (Å²) >= 11 is 0. The molecule has 0 bridgehead atoms. The zero-order valence-corrected chi connectivity index (χ0v) is 41.1. The SMILES string of the molecule is C#C/C=C\C=C=CCN1c2ccccc2C2c3ccc(-c4cc(-c5ccc6c(c5)OC5C6C6=C(C=CC=C=C6)N5c5ccccc5)cc(-c5ccc6c(c5)N(c5ccccc5)C5Oc7ccccc7C65)c4)cc3CC21. The largest absolute Gasteiger partial charge is 0.469 e. The zero-order valence-electron chi connectivity index (χ0n) is 41.1. The van der Waals surface area contributed by atoms with Gasteiger partial charge in [0.15, 0.2) is 12.5 Å². The van der Waals surface area contributed by atoms with E-state index in [1.54, 1.807) is 6.08 Å². The third-order valence-corrected chi connectivity index (χ3v) is 16.4. The molecule has 7 aliphatic rings. The molecule has 2 aliphatic carbocycles. The number of hydrogen-bond acceptors (Lipinski definition) is 5. The average Bonchev–Trinajstić information content (AvgIpc) is 4.28. The summed E-state index contributed by atoms with van der Waals surface area (Å²) in [6.45, 7) is 0.771. The molecule has 0 amide bonds. The molecule has 0 saturated heterocycles. The average molecular weight is 964 g/mol. The van der Waals surface area contributed by atoms with Gasteiger partial charge in [-0.25, -0.2) is 0 Å². The molecule has 0 saturated carbocycles. The maximum atomic E-state index is 7.11. The maximum absolute atomic E-state index is 7.11. The molecule has 5 heteroatoms. The molecule has 0 radical (unpaired) electrons. The second-order valence-electron chi connectivity index (χ2n) is 20.4. The Balaban J connectivity index is 0.846. The first-order valence-corrected chi connectivity index (χ1v) is 26.1. The van der Waals surface area contributed by atoms with Gasteiger partial charge in [0, 0.05) is 58.1 Å². The maximum Gasteiger partial charge on any atom is 0.187 e. The number of ether oxygens (including phenoxy) is 2. The van der Waals surface area contributed by atoms with Gasteiger partial charge in [0.05, 0.1) is 11.8 Å². The van der Waals surface area contributed by atoms with E-state index in [9.17, 15) is 0 Å². The van der Waals surface area contributed by atoms with Gasteiger partial charge in [-0.3, -0.25) is 0 Å². The van der Waals surface area contributed by atoms with Crippen molar-refractivity contribution in [2.24, 2.45) is 0 Å². The van der Waals surface area contributed by atoms with E-state index in [-0.39, 0.29) is 24.3 Å². The minimum Gasteiger partial charge on any atom is -0.469 e. The molecule has 6 unspecified atom stereocenters. The van der Waals surface area contributed by atoms with Crippen molar-refractivity contribution in [3.8, 4) is 57.2 Å². The summed E-state index contributed by atoms with van der Waals surface area (Å²) in [4.78, 5) is 7.32.